The van der Waals surface area contributed by atoms with Crippen LogP contribution in [0, 0.1) is 0 Å². The molecule has 0 saturated carbocycles. The number of fused-ring (bicyclic) bond motifs is 1. The van der Waals surface area contributed by atoms with Crippen LogP contribution in [0.25, 0.3) is 0 Å². The summed E-state index contributed by atoms with van der Waals surface area (Å²) < 4.78 is 28.2. The van der Waals surface area contributed by atoms with Crippen molar-refractivity contribution in [1.29, 1.82) is 0 Å². The van der Waals surface area contributed by atoms with Gasteiger partial charge >= 0.3 is 0 Å². The van der Waals surface area contributed by atoms with Crippen LogP contribution < -0.4 is 10.0 Å². The van der Waals surface area contributed by atoms with Gasteiger partial charge in [0.1, 0.15) is 0 Å². The van der Waals surface area contributed by atoms with E-state index in [1.165, 1.54) is 11.1 Å². The Hall–Kier alpha value is -1.85. The van der Waals surface area contributed by atoms with Gasteiger partial charge in [-0.1, -0.05) is 39.0 Å². The van der Waals surface area contributed by atoms with Gasteiger partial charge < -0.3 is 5.32 Å². The monoisotopic (exact) mass is 386 g/mol. The average molecular weight is 387 g/mol. The Labute approximate surface area is 163 Å². The smallest absolute Gasteiger partial charge is 0.261 e. The van der Waals surface area contributed by atoms with Crippen molar-refractivity contribution in [3.05, 3.63) is 59.2 Å². The molecule has 4 nitrogen and oxygen atoms in total. The Morgan fingerprint density at radius 1 is 1.07 bits per heavy atom. The summed E-state index contributed by atoms with van der Waals surface area (Å²) in [4.78, 5) is 0.298. The molecular formula is C22H30N2O2S. The molecule has 0 heterocycles. The zero-order valence-corrected chi connectivity index (χ0v) is 17.3. The number of benzene rings is 2. The fourth-order valence-corrected chi connectivity index (χ4v) is 4.64. The summed E-state index contributed by atoms with van der Waals surface area (Å²) in [6.45, 7) is 7.39. The molecule has 1 atom stereocenters. The molecule has 5 heteroatoms. The van der Waals surface area contributed by atoms with Crippen molar-refractivity contribution < 1.29 is 8.42 Å². The van der Waals surface area contributed by atoms with E-state index in [-0.39, 0.29) is 0 Å². The number of nitrogens with one attached hydrogen (secondary N) is 2. The van der Waals surface area contributed by atoms with E-state index in [0.29, 0.717) is 22.5 Å². The molecule has 0 bridgehead atoms. The molecule has 0 saturated heterocycles. The third-order valence-electron chi connectivity index (χ3n) is 5.23. The fraction of sp³-hybridized carbons (Fsp3) is 0.455. The molecule has 1 aliphatic rings. The Morgan fingerprint density at radius 3 is 2.48 bits per heavy atom. The lowest BCUT2D eigenvalue weighted by Gasteiger charge is -2.26. The Balaban J connectivity index is 1.75. The molecule has 0 spiro atoms. The molecule has 3 rings (SSSR count). The van der Waals surface area contributed by atoms with Gasteiger partial charge in [-0.2, -0.15) is 0 Å². The normalized spacial score (nSPS) is 17.0. The quantitative estimate of drug-likeness (QED) is 0.738. The van der Waals surface area contributed by atoms with E-state index in [2.05, 4.69) is 36.9 Å². The topological polar surface area (TPSA) is 58.2 Å². The maximum Gasteiger partial charge on any atom is 0.261 e. The Bertz CT molecular complexity index is 874. The zero-order valence-electron chi connectivity index (χ0n) is 16.5. The van der Waals surface area contributed by atoms with E-state index < -0.39 is 10.0 Å². The first-order valence-corrected chi connectivity index (χ1v) is 11.4. The minimum absolute atomic E-state index is 0.298. The molecule has 0 aromatic heterocycles. The number of hydrogen-bond acceptors (Lipinski definition) is 3. The lowest BCUT2D eigenvalue weighted by Crippen LogP contribution is -2.35. The van der Waals surface area contributed by atoms with Crippen LogP contribution in [0.1, 0.15) is 56.2 Å². The van der Waals surface area contributed by atoms with Crippen molar-refractivity contribution in [1.82, 2.24) is 5.32 Å². The number of hydrogen-bond donors (Lipinski definition) is 2. The number of rotatable bonds is 7. The number of anilines is 1. The second-order valence-corrected chi connectivity index (χ2v) is 9.39. The fourth-order valence-electron chi connectivity index (χ4n) is 3.59. The predicted octanol–water partition coefficient (Wildman–Crippen LogP) is 4.47. The van der Waals surface area contributed by atoms with Crippen molar-refractivity contribution in [2.45, 2.75) is 63.3 Å². The van der Waals surface area contributed by atoms with E-state index >= 15 is 0 Å². The van der Waals surface area contributed by atoms with Crippen molar-refractivity contribution in [2.75, 3.05) is 11.3 Å². The molecule has 0 fully saturated rings. The van der Waals surface area contributed by atoms with Gasteiger partial charge in [-0.15, -0.1) is 0 Å². The lowest BCUT2D eigenvalue weighted by molar-refractivity contribution is 0.459. The van der Waals surface area contributed by atoms with Gasteiger partial charge in [0.15, 0.2) is 0 Å². The van der Waals surface area contributed by atoms with Crippen molar-refractivity contribution in [2.24, 2.45) is 0 Å². The highest BCUT2D eigenvalue weighted by molar-refractivity contribution is 7.92. The minimum Gasteiger partial charge on any atom is -0.314 e. The van der Waals surface area contributed by atoms with E-state index in [1.54, 1.807) is 12.1 Å². The molecule has 1 aliphatic carbocycles. The van der Waals surface area contributed by atoms with Gasteiger partial charge in [0.2, 0.25) is 0 Å². The summed E-state index contributed by atoms with van der Waals surface area (Å²) in [5, 5.41) is 3.58. The lowest BCUT2D eigenvalue weighted by atomic mass is 9.88. The largest absolute Gasteiger partial charge is 0.314 e. The third-order valence-corrected chi connectivity index (χ3v) is 6.62. The maximum atomic E-state index is 12.7. The minimum atomic E-state index is -3.58. The van der Waals surface area contributed by atoms with Gasteiger partial charge in [-0.05, 0) is 79.1 Å². The average Bonchev–Trinajstić information content (AvgIpc) is 2.65. The van der Waals surface area contributed by atoms with Crippen molar-refractivity contribution >= 4 is 15.7 Å². The molecule has 0 unspecified atom stereocenters. The first-order chi connectivity index (χ1) is 12.9. The van der Waals surface area contributed by atoms with Crippen LogP contribution in [0.5, 0.6) is 0 Å². The van der Waals surface area contributed by atoms with Crippen molar-refractivity contribution in [3.63, 3.8) is 0 Å². The highest BCUT2D eigenvalue weighted by atomic mass is 32.2. The molecule has 146 valence electrons. The molecule has 2 N–H and O–H groups in total. The summed E-state index contributed by atoms with van der Waals surface area (Å²) in [6, 6.07) is 13.5. The molecule has 2 aromatic carbocycles. The molecular weight excluding hydrogens is 356 g/mol. The first kappa shape index (κ1) is 19.9. The Kier molecular flexibility index (Phi) is 6.22. The van der Waals surface area contributed by atoms with E-state index in [0.717, 1.165) is 37.8 Å². The zero-order chi connectivity index (χ0) is 19.4. The summed E-state index contributed by atoms with van der Waals surface area (Å²) in [6.07, 6.45) is 4.26. The molecule has 0 amide bonds. The Morgan fingerprint density at radius 2 is 1.81 bits per heavy atom. The highest BCUT2D eigenvalue weighted by Crippen LogP contribution is 2.26. The van der Waals surface area contributed by atoms with Crippen LogP contribution in [-0.4, -0.2) is 21.0 Å². The maximum absolute atomic E-state index is 12.7. The third kappa shape index (κ3) is 4.90. The summed E-state index contributed by atoms with van der Waals surface area (Å²) >= 11 is 0. The van der Waals surface area contributed by atoms with E-state index in [9.17, 15) is 8.42 Å². The van der Waals surface area contributed by atoms with Crippen LogP contribution >= 0.6 is 0 Å². The van der Waals surface area contributed by atoms with Gasteiger partial charge in [0, 0.05) is 11.7 Å². The van der Waals surface area contributed by atoms with Gasteiger partial charge in [-0.3, -0.25) is 4.72 Å². The summed E-state index contributed by atoms with van der Waals surface area (Å²) in [5.74, 6) is 0.379. The van der Waals surface area contributed by atoms with Crippen LogP contribution in [-0.2, 0) is 22.9 Å². The van der Waals surface area contributed by atoms with Gasteiger partial charge in [0.25, 0.3) is 10.0 Å². The first-order valence-electron chi connectivity index (χ1n) is 9.87. The van der Waals surface area contributed by atoms with E-state index in [1.807, 2.05) is 24.3 Å². The van der Waals surface area contributed by atoms with E-state index in [4.69, 9.17) is 0 Å². The van der Waals surface area contributed by atoms with Crippen LogP contribution in [0.2, 0.25) is 0 Å². The second-order valence-electron chi connectivity index (χ2n) is 7.71. The van der Waals surface area contributed by atoms with Crippen LogP contribution in [0.4, 0.5) is 5.69 Å². The molecule has 0 radical (unpaired) electrons. The van der Waals surface area contributed by atoms with Gasteiger partial charge in [-0.25, -0.2) is 8.42 Å². The highest BCUT2D eigenvalue weighted by Gasteiger charge is 2.20. The second kappa shape index (κ2) is 8.44. The summed E-state index contributed by atoms with van der Waals surface area (Å²) in [5.41, 5.74) is 4.34. The van der Waals surface area contributed by atoms with Crippen LogP contribution in [0.15, 0.2) is 47.4 Å². The summed E-state index contributed by atoms with van der Waals surface area (Å²) in [7, 11) is -3.58. The van der Waals surface area contributed by atoms with Crippen LogP contribution in [0.3, 0.4) is 0 Å². The van der Waals surface area contributed by atoms with Gasteiger partial charge in [0.05, 0.1) is 4.90 Å². The standard InChI is InChI=1S/C22H30N2O2S/c1-4-13-23-20-9-5-18-6-10-21(15-19(18)14-20)24-27(25,26)22-11-7-17(8-12-22)16(2)3/h6-8,10-12,15-16,20,23-24H,4-5,9,13-14H2,1-3H3/t20-/m1/s1. The predicted molar refractivity (Wildman–Crippen MR) is 112 cm³/mol. The van der Waals surface area contributed by atoms with Crippen molar-refractivity contribution in [3.8, 4) is 0 Å². The molecule has 27 heavy (non-hydrogen) atoms. The molecule has 0 aliphatic heterocycles. The number of sulfonamides is 1. The molecule has 2 aromatic rings. The SMILES string of the molecule is CCCN[C@@H]1CCc2ccc(NS(=O)(=O)c3ccc(C(C)C)cc3)cc2C1. The number of aryl methyl sites for hydroxylation is 1.